The van der Waals surface area contributed by atoms with E-state index in [1.807, 2.05) is 0 Å². The molecule has 0 saturated carbocycles. The van der Waals surface area contributed by atoms with Crippen molar-refractivity contribution in [3.05, 3.63) is 24.3 Å². The quantitative estimate of drug-likeness (QED) is 0.333. The zero-order valence-corrected chi connectivity index (χ0v) is 6.02. The van der Waals surface area contributed by atoms with E-state index in [-0.39, 0.29) is 18.9 Å². The molecule has 0 aromatic heterocycles. The van der Waals surface area contributed by atoms with Gasteiger partial charge < -0.3 is 10.2 Å². The fraction of sp³-hybridized carbons (Fsp3) is 0. The van der Waals surface area contributed by atoms with E-state index in [0.717, 1.165) is 24.3 Å². The third kappa shape index (κ3) is 12.3. The molecule has 2 N–H and O–H groups in total. The van der Waals surface area contributed by atoms with Crippen LogP contribution in [0.1, 0.15) is 0 Å². The van der Waals surface area contributed by atoms with Gasteiger partial charge in [0.2, 0.25) is 0 Å². The Labute approximate surface area is 75.4 Å². The molecule has 1 radical (unpaired) electrons. The van der Waals surface area contributed by atoms with Crippen molar-refractivity contribution < 1.29 is 19.8 Å². The van der Waals surface area contributed by atoms with Crippen molar-refractivity contribution in [1.82, 2.24) is 0 Å². The van der Waals surface area contributed by atoms with Crippen LogP contribution in [0.5, 0.6) is 0 Å². The molecule has 0 heterocycles. The molecule has 5 heteroatoms. The average Bonchev–Trinajstić information content (AvgIpc) is 1.79. The minimum Gasteiger partial charge on any atom is -0.478 e. The fourth-order valence-corrected chi connectivity index (χ4v) is 0.276. The van der Waals surface area contributed by atoms with Gasteiger partial charge in [0.25, 0.3) is 0 Å². The Hall–Kier alpha value is -0.983. The second kappa shape index (κ2) is 7.13. The number of rotatable bonds is 3. The molecule has 4 nitrogen and oxygen atoms in total. The van der Waals surface area contributed by atoms with Crippen LogP contribution in [-0.2, 0) is 9.59 Å². The van der Waals surface area contributed by atoms with E-state index in [4.69, 9.17) is 10.2 Å². The summed E-state index contributed by atoms with van der Waals surface area (Å²) in [6.07, 6.45) is 3.96. The van der Waals surface area contributed by atoms with Crippen molar-refractivity contribution in [3.8, 4) is 0 Å². The Morgan fingerprint density at radius 1 is 0.909 bits per heavy atom. The van der Waals surface area contributed by atoms with Crippen molar-refractivity contribution in [2.45, 2.75) is 0 Å². The van der Waals surface area contributed by atoms with Crippen LogP contribution in [0.25, 0.3) is 0 Å². The van der Waals surface area contributed by atoms with Crippen molar-refractivity contribution in [3.63, 3.8) is 0 Å². The summed E-state index contributed by atoms with van der Waals surface area (Å²) >= 11 is 0. The van der Waals surface area contributed by atoms with Crippen molar-refractivity contribution in [2.75, 3.05) is 0 Å². The van der Waals surface area contributed by atoms with Gasteiger partial charge in [-0.25, -0.2) is 9.59 Å². The van der Waals surface area contributed by atoms with Crippen LogP contribution in [0.15, 0.2) is 24.3 Å². The third-order valence-corrected chi connectivity index (χ3v) is 0.589. The topological polar surface area (TPSA) is 74.6 Å². The van der Waals surface area contributed by atoms with E-state index >= 15 is 0 Å². The number of aliphatic carboxylic acids is 2. The summed E-state index contributed by atoms with van der Waals surface area (Å²) in [5.74, 6) is -2.20. The summed E-state index contributed by atoms with van der Waals surface area (Å²) in [6, 6.07) is 0. The molecule has 0 aliphatic carbocycles. The van der Waals surface area contributed by atoms with Gasteiger partial charge in [-0.3, -0.25) is 0 Å². The van der Waals surface area contributed by atoms with Gasteiger partial charge in [0, 0.05) is 31.0 Å². The van der Waals surface area contributed by atoms with Crippen LogP contribution >= 0.6 is 0 Å². The molecule has 0 saturated heterocycles. The molecule has 0 unspecified atom stereocenters. The summed E-state index contributed by atoms with van der Waals surface area (Å²) in [5.41, 5.74) is 0. The largest absolute Gasteiger partial charge is 0.478 e. The number of hydrogen-bond donors (Lipinski definition) is 2. The first kappa shape index (κ1) is 12.7. The minimum absolute atomic E-state index is 0. The molecule has 11 heavy (non-hydrogen) atoms. The van der Waals surface area contributed by atoms with Crippen LogP contribution < -0.4 is 0 Å². The first-order chi connectivity index (χ1) is 4.63. The molecule has 0 rings (SSSR count). The maximum atomic E-state index is 9.78. The maximum Gasteiger partial charge on any atom is 0.328 e. The van der Waals surface area contributed by atoms with Gasteiger partial charge in [0.15, 0.2) is 0 Å². The zero-order chi connectivity index (χ0) is 7.98. The van der Waals surface area contributed by atoms with Gasteiger partial charge in [0.05, 0.1) is 0 Å². The van der Waals surface area contributed by atoms with E-state index in [2.05, 4.69) is 0 Å². The standard InChI is InChI=1S/C6H6O4.Li/c7-5(8)3-1-2-4-6(9)10;/h1-4H,(H,7,8)(H,9,10);. The third-order valence-electron chi connectivity index (χ3n) is 0.589. The number of allylic oxidation sites excluding steroid dienone is 2. The van der Waals surface area contributed by atoms with Crippen LogP contribution in [0.3, 0.4) is 0 Å². The monoisotopic (exact) mass is 149 g/mol. The van der Waals surface area contributed by atoms with Gasteiger partial charge in [-0.1, -0.05) is 12.2 Å². The van der Waals surface area contributed by atoms with E-state index in [1.54, 1.807) is 0 Å². The second-order valence-electron chi connectivity index (χ2n) is 1.39. The second-order valence-corrected chi connectivity index (χ2v) is 1.39. The minimum atomic E-state index is -1.10. The number of carboxylic acids is 2. The molecule has 0 atom stereocenters. The normalized spacial score (nSPS) is 9.82. The Morgan fingerprint density at radius 2 is 1.18 bits per heavy atom. The van der Waals surface area contributed by atoms with Crippen LogP contribution in [-0.4, -0.2) is 41.0 Å². The zero-order valence-electron chi connectivity index (χ0n) is 6.02. The molecule has 0 aliphatic rings. The maximum absolute atomic E-state index is 9.78. The van der Waals surface area contributed by atoms with E-state index in [1.165, 1.54) is 0 Å². The van der Waals surface area contributed by atoms with Crippen molar-refractivity contribution in [2.24, 2.45) is 0 Å². The first-order valence-corrected chi connectivity index (χ1v) is 2.43. The van der Waals surface area contributed by atoms with Crippen LogP contribution in [0.4, 0.5) is 0 Å². The molecule has 0 fully saturated rings. The Bertz CT molecular complexity index is 173. The Balaban J connectivity index is 0. The summed E-state index contributed by atoms with van der Waals surface area (Å²) < 4.78 is 0. The molecule has 0 aromatic carbocycles. The van der Waals surface area contributed by atoms with Gasteiger partial charge >= 0.3 is 11.9 Å². The van der Waals surface area contributed by atoms with E-state index in [9.17, 15) is 9.59 Å². The molecule has 55 valence electrons. The van der Waals surface area contributed by atoms with Gasteiger partial charge in [-0.05, 0) is 0 Å². The predicted molar refractivity (Wildman–Crippen MR) is 39.3 cm³/mol. The van der Waals surface area contributed by atoms with E-state index < -0.39 is 11.9 Å². The summed E-state index contributed by atoms with van der Waals surface area (Å²) in [7, 11) is 0. The fourth-order valence-electron chi connectivity index (χ4n) is 0.276. The van der Waals surface area contributed by atoms with Crippen LogP contribution in [0.2, 0.25) is 0 Å². The summed E-state index contributed by atoms with van der Waals surface area (Å²) in [4.78, 5) is 19.6. The Morgan fingerprint density at radius 3 is 1.36 bits per heavy atom. The number of hydrogen-bond acceptors (Lipinski definition) is 2. The van der Waals surface area contributed by atoms with Gasteiger partial charge in [0.1, 0.15) is 0 Å². The molecule has 0 spiro atoms. The SMILES string of the molecule is O=C(O)C=CC=CC(=O)O.[Li]. The van der Waals surface area contributed by atoms with Crippen molar-refractivity contribution in [1.29, 1.82) is 0 Å². The first-order valence-electron chi connectivity index (χ1n) is 2.43. The van der Waals surface area contributed by atoms with Gasteiger partial charge in [-0.15, -0.1) is 0 Å². The summed E-state index contributed by atoms with van der Waals surface area (Å²) in [6.45, 7) is 0. The Kier molecular flexibility index (Phi) is 8.21. The molecule has 0 aromatic rings. The van der Waals surface area contributed by atoms with Crippen molar-refractivity contribution >= 4 is 30.8 Å². The van der Waals surface area contributed by atoms with E-state index in [0.29, 0.717) is 0 Å². The average molecular weight is 149 g/mol. The predicted octanol–water partition coefficient (Wildman–Crippen LogP) is -0.113. The number of carboxylic acid groups (broad SMARTS) is 2. The molecule has 0 aliphatic heterocycles. The summed E-state index contributed by atoms with van der Waals surface area (Å²) in [5, 5.41) is 16.0. The van der Waals surface area contributed by atoms with Crippen LogP contribution in [0, 0.1) is 0 Å². The molecular formula is C6H6LiO4. The molecule has 0 amide bonds. The molecule has 0 bridgehead atoms. The smallest absolute Gasteiger partial charge is 0.328 e. The molecular weight excluding hydrogens is 143 g/mol. The van der Waals surface area contributed by atoms with Gasteiger partial charge in [-0.2, -0.15) is 0 Å². The number of carbonyl (C=O) groups is 2.